The summed E-state index contributed by atoms with van der Waals surface area (Å²) in [4.78, 5) is 24.5. The van der Waals surface area contributed by atoms with Crippen LogP contribution in [0.4, 0.5) is 10.1 Å². The first-order valence-corrected chi connectivity index (χ1v) is 12.0. The van der Waals surface area contributed by atoms with Crippen molar-refractivity contribution in [1.82, 2.24) is 4.31 Å². The summed E-state index contributed by atoms with van der Waals surface area (Å²) in [6, 6.07) is 8.91. The molecule has 2 aromatic carbocycles. The smallest absolute Gasteiger partial charge is 0.337 e. The molecule has 1 aliphatic heterocycles. The minimum absolute atomic E-state index is 0.0602. The lowest BCUT2D eigenvalue weighted by molar-refractivity contribution is -0.120. The highest BCUT2D eigenvalue weighted by molar-refractivity contribution is 7.88. The van der Waals surface area contributed by atoms with Gasteiger partial charge in [0, 0.05) is 35.3 Å². The van der Waals surface area contributed by atoms with Crippen LogP contribution in [-0.4, -0.2) is 44.8 Å². The predicted molar refractivity (Wildman–Crippen MR) is 119 cm³/mol. The molecular formula is C22H24ClFN2O5S. The summed E-state index contributed by atoms with van der Waals surface area (Å²) in [5.74, 6) is -2.34. The topological polar surface area (TPSA) is 92.8 Å². The van der Waals surface area contributed by atoms with Crippen molar-refractivity contribution < 1.29 is 27.1 Å². The van der Waals surface area contributed by atoms with Gasteiger partial charge in [0.1, 0.15) is 5.82 Å². The Morgan fingerprint density at radius 1 is 1.22 bits per heavy atom. The number of halogens is 2. The number of piperidine rings is 1. The fourth-order valence-corrected chi connectivity index (χ4v) is 5.49. The zero-order valence-electron chi connectivity index (χ0n) is 17.7. The number of rotatable bonds is 6. The summed E-state index contributed by atoms with van der Waals surface area (Å²) in [6.45, 7) is 2.10. The van der Waals surface area contributed by atoms with E-state index in [1.807, 2.05) is 0 Å². The van der Waals surface area contributed by atoms with Gasteiger partial charge in [0.25, 0.3) is 0 Å². The molecule has 10 heteroatoms. The highest BCUT2D eigenvalue weighted by Gasteiger charge is 2.32. The zero-order chi connectivity index (χ0) is 23.5. The molecule has 0 aliphatic carbocycles. The molecule has 1 fully saturated rings. The quantitative estimate of drug-likeness (QED) is 0.633. The molecule has 0 aromatic heterocycles. The number of carbonyl (C=O) groups excluding carboxylic acids is 2. The van der Waals surface area contributed by atoms with Gasteiger partial charge in [-0.1, -0.05) is 23.7 Å². The average molecular weight is 483 g/mol. The third kappa shape index (κ3) is 5.46. The second-order valence-electron chi connectivity index (χ2n) is 7.64. The molecule has 1 saturated heterocycles. The summed E-state index contributed by atoms with van der Waals surface area (Å²) >= 11 is 5.96. The third-order valence-electron chi connectivity index (χ3n) is 5.52. The van der Waals surface area contributed by atoms with Crippen LogP contribution in [-0.2, 0) is 25.3 Å². The van der Waals surface area contributed by atoms with Gasteiger partial charge in [-0.3, -0.25) is 4.79 Å². The second kappa shape index (κ2) is 9.97. The second-order valence-corrected chi connectivity index (χ2v) is 10.0. The summed E-state index contributed by atoms with van der Waals surface area (Å²) in [7, 11) is -2.51. The summed E-state index contributed by atoms with van der Waals surface area (Å²) in [5, 5.41) is 2.89. The van der Waals surface area contributed by atoms with E-state index in [-0.39, 0.29) is 35.5 Å². The number of hydrogen-bond acceptors (Lipinski definition) is 5. The van der Waals surface area contributed by atoms with E-state index < -0.39 is 27.6 Å². The number of ether oxygens (including phenoxy) is 1. The van der Waals surface area contributed by atoms with Crippen LogP contribution < -0.4 is 5.32 Å². The Morgan fingerprint density at radius 3 is 2.53 bits per heavy atom. The number of nitrogens with one attached hydrogen (secondary N) is 1. The van der Waals surface area contributed by atoms with E-state index in [1.165, 1.54) is 29.6 Å². The van der Waals surface area contributed by atoms with Gasteiger partial charge >= 0.3 is 5.97 Å². The van der Waals surface area contributed by atoms with Crippen LogP contribution in [0.1, 0.15) is 34.3 Å². The van der Waals surface area contributed by atoms with Gasteiger partial charge in [-0.2, -0.15) is 0 Å². The Kier molecular flexibility index (Phi) is 7.53. The summed E-state index contributed by atoms with van der Waals surface area (Å²) in [6.07, 6.45) is 0.650. The van der Waals surface area contributed by atoms with Gasteiger partial charge in [0.05, 0.1) is 18.4 Å². The highest BCUT2D eigenvalue weighted by Crippen LogP contribution is 2.27. The summed E-state index contributed by atoms with van der Waals surface area (Å²) in [5.41, 5.74) is 1.55. The molecule has 172 valence electrons. The first-order valence-electron chi connectivity index (χ1n) is 10.0. The predicted octanol–water partition coefficient (Wildman–Crippen LogP) is 3.75. The van der Waals surface area contributed by atoms with E-state index in [9.17, 15) is 22.4 Å². The molecule has 1 amide bonds. The molecule has 0 spiro atoms. The maximum atomic E-state index is 14.0. The van der Waals surface area contributed by atoms with Crippen LogP contribution in [0.25, 0.3) is 0 Å². The van der Waals surface area contributed by atoms with Gasteiger partial charge in [0.2, 0.25) is 15.9 Å². The Hall–Kier alpha value is -2.49. The lowest BCUT2D eigenvalue weighted by atomic mass is 9.97. The van der Waals surface area contributed by atoms with Crippen LogP contribution in [0, 0.1) is 18.7 Å². The number of carbonyl (C=O) groups is 2. The molecule has 0 radical (unpaired) electrons. The van der Waals surface area contributed by atoms with Crippen molar-refractivity contribution in [2.24, 2.45) is 5.92 Å². The number of sulfonamides is 1. The Labute approximate surface area is 191 Å². The van der Waals surface area contributed by atoms with Crippen LogP contribution >= 0.6 is 11.6 Å². The number of methoxy groups -OCH3 is 1. The van der Waals surface area contributed by atoms with Gasteiger partial charge in [0.15, 0.2) is 0 Å². The lowest BCUT2D eigenvalue weighted by Gasteiger charge is -2.30. The summed E-state index contributed by atoms with van der Waals surface area (Å²) < 4.78 is 45.5. The van der Waals surface area contributed by atoms with E-state index >= 15 is 0 Å². The first kappa shape index (κ1) is 24.2. The van der Waals surface area contributed by atoms with Gasteiger partial charge < -0.3 is 10.1 Å². The minimum atomic E-state index is -3.79. The monoisotopic (exact) mass is 482 g/mol. The van der Waals surface area contributed by atoms with Crippen molar-refractivity contribution in [2.75, 3.05) is 25.5 Å². The Morgan fingerprint density at radius 2 is 1.91 bits per heavy atom. The maximum absolute atomic E-state index is 14.0. The van der Waals surface area contributed by atoms with Crippen molar-refractivity contribution in [3.05, 3.63) is 63.9 Å². The number of hydrogen-bond donors (Lipinski definition) is 1. The number of esters is 1. The lowest BCUT2D eigenvalue weighted by Crippen LogP contribution is -2.42. The third-order valence-corrected chi connectivity index (χ3v) is 7.68. The van der Waals surface area contributed by atoms with Crippen molar-refractivity contribution in [3.8, 4) is 0 Å². The van der Waals surface area contributed by atoms with Crippen LogP contribution in [0.5, 0.6) is 0 Å². The first-order chi connectivity index (χ1) is 15.1. The van der Waals surface area contributed by atoms with E-state index in [4.69, 9.17) is 16.3 Å². The van der Waals surface area contributed by atoms with Crippen molar-refractivity contribution in [3.63, 3.8) is 0 Å². The van der Waals surface area contributed by atoms with E-state index in [2.05, 4.69) is 5.32 Å². The molecule has 1 N–H and O–H groups in total. The average Bonchev–Trinajstić information content (AvgIpc) is 2.77. The van der Waals surface area contributed by atoms with Crippen LogP contribution in [0.15, 0.2) is 36.4 Å². The standard InChI is InChI=1S/C22H24ClFN2O5S/c1-14-6-7-16(22(28)31-2)12-20(14)25-21(27)15-8-10-26(11-9-15)32(29,30)13-17-18(23)4-3-5-19(17)24/h3-7,12,15H,8-11,13H2,1-2H3,(H,25,27). The van der Waals surface area contributed by atoms with Crippen molar-refractivity contribution in [1.29, 1.82) is 0 Å². The van der Waals surface area contributed by atoms with Gasteiger partial charge in [-0.25, -0.2) is 21.9 Å². The SMILES string of the molecule is COC(=O)c1ccc(C)c(NC(=O)C2CCN(S(=O)(=O)Cc3c(F)cccc3Cl)CC2)c1. The number of amides is 1. The fraction of sp³-hybridized carbons (Fsp3) is 0.364. The van der Waals surface area contributed by atoms with E-state index in [1.54, 1.807) is 25.1 Å². The molecule has 2 aromatic rings. The van der Waals surface area contributed by atoms with E-state index in [0.717, 1.165) is 5.56 Å². The molecule has 3 rings (SSSR count). The van der Waals surface area contributed by atoms with E-state index in [0.29, 0.717) is 24.1 Å². The zero-order valence-corrected chi connectivity index (χ0v) is 19.3. The molecule has 0 unspecified atom stereocenters. The van der Waals surface area contributed by atoms with Gasteiger partial charge in [-0.05, 0) is 49.6 Å². The molecule has 1 aliphatic rings. The highest BCUT2D eigenvalue weighted by atomic mass is 35.5. The number of anilines is 1. The van der Waals surface area contributed by atoms with Crippen molar-refractivity contribution in [2.45, 2.75) is 25.5 Å². The molecule has 1 heterocycles. The maximum Gasteiger partial charge on any atom is 0.337 e. The Bertz CT molecular complexity index is 1110. The molecule has 0 saturated carbocycles. The molecule has 32 heavy (non-hydrogen) atoms. The van der Waals surface area contributed by atoms with Crippen LogP contribution in [0.3, 0.4) is 0 Å². The molecule has 0 bridgehead atoms. The minimum Gasteiger partial charge on any atom is -0.465 e. The molecular weight excluding hydrogens is 459 g/mol. The van der Waals surface area contributed by atoms with Crippen molar-refractivity contribution >= 4 is 39.2 Å². The number of aryl methyl sites for hydroxylation is 1. The van der Waals surface area contributed by atoms with Gasteiger partial charge in [-0.15, -0.1) is 0 Å². The molecule has 0 atom stereocenters. The van der Waals surface area contributed by atoms with Crippen LogP contribution in [0.2, 0.25) is 5.02 Å². The largest absolute Gasteiger partial charge is 0.465 e. The molecule has 7 nitrogen and oxygen atoms in total. The Balaban J connectivity index is 1.63. The number of nitrogens with zero attached hydrogens (tertiary/aromatic N) is 1. The number of benzene rings is 2. The normalized spacial score (nSPS) is 15.4. The fourth-order valence-electron chi connectivity index (χ4n) is 3.58.